The first-order chi connectivity index (χ1) is 15.0. The van der Waals surface area contributed by atoms with Crippen LogP contribution in [0.3, 0.4) is 0 Å². The van der Waals surface area contributed by atoms with E-state index in [1.54, 1.807) is 48.5 Å². The van der Waals surface area contributed by atoms with Crippen LogP contribution in [-0.4, -0.2) is 15.5 Å². The van der Waals surface area contributed by atoms with Crippen molar-refractivity contribution in [3.8, 4) is 5.75 Å². The molecule has 0 fully saturated rings. The van der Waals surface area contributed by atoms with Crippen LogP contribution in [0.25, 0.3) is 10.9 Å². The van der Waals surface area contributed by atoms with Crippen molar-refractivity contribution in [3.05, 3.63) is 100 Å². The maximum Gasteiger partial charge on any atom is 0.261 e. The Kier molecular flexibility index (Phi) is 5.75. The van der Waals surface area contributed by atoms with Crippen LogP contribution in [-0.2, 0) is 17.9 Å². The van der Waals surface area contributed by atoms with E-state index < -0.39 is 0 Å². The molecule has 1 aromatic heterocycles. The van der Waals surface area contributed by atoms with Crippen molar-refractivity contribution in [2.45, 2.75) is 20.1 Å². The number of nitrogens with zero attached hydrogens (tertiary/aromatic N) is 2. The molecule has 0 radical (unpaired) electrons. The van der Waals surface area contributed by atoms with Crippen LogP contribution in [0, 0.1) is 12.7 Å². The lowest BCUT2D eigenvalue weighted by Gasteiger charge is -2.11. The SMILES string of the molecule is Cc1cccc2c(=O)n(CC(=O)Nc3cccc(OCc4ccc(F)cc4)c3)cnc12. The number of carbonyl (C=O) groups is 1. The van der Waals surface area contributed by atoms with Crippen molar-refractivity contribution in [2.75, 3.05) is 5.32 Å². The fourth-order valence-electron chi connectivity index (χ4n) is 3.22. The molecular weight excluding hydrogens is 397 g/mol. The van der Waals surface area contributed by atoms with Gasteiger partial charge in [0.15, 0.2) is 0 Å². The molecule has 3 aromatic carbocycles. The van der Waals surface area contributed by atoms with E-state index in [-0.39, 0.29) is 30.4 Å². The summed E-state index contributed by atoms with van der Waals surface area (Å²) in [7, 11) is 0. The third kappa shape index (κ3) is 4.78. The number of hydrogen-bond donors (Lipinski definition) is 1. The van der Waals surface area contributed by atoms with Crippen molar-refractivity contribution in [1.82, 2.24) is 9.55 Å². The number of aryl methyl sites for hydroxylation is 1. The summed E-state index contributed by atoms with van der Waals surface area (Å²) in [4.78, 5) is 29.5. The summed E-state index contributed by atoms with van der Waals surface area (Å²) < 4.78 is 20.0. The minimum Gasteiger partial charge on any atom is -0.489 e. The van der Waals surface area contributed by atoms with Crippen LogP contribution in [0.2, 0.25) is 0 Å². The first kappa shape index (κ1) is 20.3. The Labute approximate surface area is 177 Å². The van der Waals surface area contributed by atoms with Gasteiger partial charge in [0.2, 0.25) is 5.91 Å². The highest BCUT2D eigenvalue weighted by Crippen LogP contribution is 2.19. The lowest BCUT2D eigenvalue weighted by molar-refractivity contribution is -0.116. The van der Waals surface area contributed by atoms with Gasteiger partial charge in [-0.05, 0) is 48.4 Å². The number of nitrogens with one attached hydrogen (secondary N) is 1. The zero-order valence-electron chi connectivity index (χ0n) is 16.8. The molecule has 7 heteroatoms. The molecule has 1 heterocycles. The van der Waals surface area contributed by atoms with Gasteiger partial charge in [0.25, 0.3) is 5.56 Å². The molecule has 0 aliphatic carbocycles. The van der Waals surface area contributed by atoms with Crippen molar-refractivity contribution in [1.29, 1.82) is 0 Å². The van der Waals surface area contributed by atoms with Gasteiger partial charge in [0, 0.05) is 11.8 Å². The van der Waals surface area contributed by atoms with Gasteiger partial charge >= 0.3 is 0 Å². The average Bonchev–Trinajstić information content (AvgIpc) is 2.76. The van der Waals surface area contributed by atoms with Crippen LogP contribution < -0.4 is 15.6 Å². The first-order valence-corrected chi connectivity index (χ1v) is 9.71. The molecule has 4 rings (SSSR count). The first-order valence-electron chi connectivity index (χ1n) is 9.71. The van der Waals surface area contributed by atoms with E-state index in [0.29, 0.717) is 22.3 Å². The molecule has 0 spiro atoms. The van der Waals surface area contributed by atoms with Gasteiger partial charge in [-0.25, -0.2) is 9.37 Å². The van der Waals surface area contributed by atoms with Gasteiger partial charge in [-0.2, -0.15) is 0 Å². The normalized spacial score (nSPS) is 10.8. The number of amides is 1. The summed E-state index contributed by atoms with van der Waals surface area (Å²) in [5.41, 5.74) is 2.65. The van der Waals surface area contributed by atoms with E-state index in [2.05, 4.69) is 10.3 Å². The van der Waals surface area contributed by atoms with E-state index >= 15 is 0 Å². The van der Waals surface area contributed by atoms with Crippen LogP contribution in [0.5, 0.6) is 5.75 Å². The highest BCUT2D eigenvalue weighted by molar-refractivity contribution is 5.91. The number of ether oxygens (including phenoxy) is 1. The number of anilines is 1. The largest absolute Gasteiger partial charge is 0.489 e. The second-order valence-electron chi connectivity index (χ2n) is 7.14. The Bertz CT molecular complexity index is 1300. The van der Waals surface area contributed by atoms with Crippen molar-refractivity contribution in [3.63, 3.8) is 0 Å². The van der Waals surface area contributed by atoms with E-state index in [1.165, 1.54) is 23.0 Å². The smallest absolute Gasteiger partial charge is 0.261 e. The predicted molar refractivity (Wildman–Crippen MR) is 117 cm³/mol. The summed E-state index contributed by atoms with van der Waals surface area (Å²) >= 11 is 0. The van der Waals surface area contributed by atoms with Crippen LogP contribution in [0.4, 0.5) is 10.1 Å². The molecule has 0 aliphatic heterocycles. The lowest BCUT2D eigenvalue weighted by Crippen LogP contribution is -2.28. The molecule has 156 valence electrons. The molecule has 6 nitrogen and oxygen atoms in total. The number of carbonyl (C=O) groups excluding carboxylic acids is 1. The Balaban J connectivity index is 1.42. The van der Waals surface area contributed by atoms with Crippen LogP contribution >= 0.6 is 0 Å². The summed E-state index contributed by atoms with van der Waals surface area (Å²) in [5, 5.41) is 3.25. The van der Waals surface area contributed by atoms with Crippen LogP contribution in [0.15, 0.2) is 77.9 Å². The Morgan fingerprint density at radius 3 is 2.68 bits per heavy atom. The maximum atomic E-state index is 13.0. The molecule has 31 heavy (non-hydrogen) atoms. The number of aromatic nitrogens is 2. The monoisotopic (exact) mass is 417 g/mol. The summed E-state index contributed by atoms with van der Waals surface area (Å²) in [6, 6.07) is 18.4. The van der Waals surface area contributed by atoms with Gasteiger partial charge in [-0.1, -0.05) is 30.3 Å². The van der Waals surface area contributed by atoms with Gasteiger partial charge in [-0.3, -0.25) is 14.2 Å². The highest BCUT2D eigenvalue weighted by atomic mass is 19.1. The quantitative estimate of drug-likeness (QED) is 0.514. The van der Waals surface area contributed by atoms with Gasteiger partial charge in [0.05, 0.1) is 17.2 Å². The molecule has 0 atom stereocenters. The van der Waals surface area contributed by atoms with E-state index in [9.17, 15) is 14.0 Å². The third-order valence-corrected chi connectivity index (χ3v) is 4.81. The minimum atomic E-state index is -0.355. The van der Waals surface area contributed by atoms with E-state index in [4.69, 9.17) is 4.74 Å². The predicted octanol–water partition coefficient (Wildman–Crippen LogP) is 4.06. The second kappa shape index (κ2) is 8.79. The van der Waals surface area contributed by atoms with E-state index in [0.717, 1.165) is 11.1 Å². The molecular formula is C24H20FN3O3. The minimum absolute atomic E-state index is 0.156. The second-order valence-corrected chi connectivity index (χ2v) is 7.14. The topological polar surface area (TPSA) is 73.2 Å². The Morgan fingerprint density at radius 1 is 1.10 bits per heavy atom. The molecule has 1 amide bonds. The van der Waals surface area contributed by atoms with E-state index in [1.807, 2.05) is 13.0 Å². The lowest BCUT2D eigenvalue weighted by atomic mass is 10.1. The molecule has 0 bridgehead atoms. The average molecular weight is 417 g/mol. The molecule has 0 saturated heterocycles. The van der Waals surface area contributed by atoms with Gasteiger partial charge in [-0.15, -0.1) is 0 Å². The van der Waals surface area contributed by atoms with Gasteiger partial charge < -0.3 is 10.1 Å². The van der Waals surface area contributed by atoms with Gasteiger partial charge in [0.1, 0.15) is 24.7 Å². The number of para-hydroxylation sites is 1. The van der Waals surface area contributed by atoms with Crippen LogP contribution in [0.1, 0.15) is 11.1 Å². The summed E-state index contributed by atoms with van der Waals surface area (Å²) in [5.74, 6) is -0.0990. The maximum absolute atomic E-state index is 13.0. The fourth-order valence-corrected chi connectivity index (χ4v) is 3.22. The number of rotatable bonds is 6. The third-order valence-electron chi connectivity index (χ3n) is 4.81. The molecule has 0 unspecified atom stereocenters. The summed E-state index contributed by atoms with van der Waals surface area (Å²) in [6.45, 7) is 2.00. The Hall–Kier alpha value is -4.00. The summed E-state index contributed by atoms with van der Waals surface area (Å²) in [6.07, 6.45) is 1.39. The zero-order chi connectivity index (χ0) is 21.8. The molecule has 4 aromatic rings. The van der Waals surface area contributed by atoms with Crippen molar-refractivity contribution in [2.24, 2.45) is 0 Å². The zero-order valence-corrected chi connectivity index (χ0v) is 16.8. The molecule has 1 N–H and O–H groups in total. The number of hydrogen-bond acceptors (Lipinski definition) is 4. The standard InChI is InChI=1S/C24H20FN3O3/c1-16-4-2-7-21-23(16)26-15-28(24(21)30)13-22(29)27-19-5-3-6-20(12-19)31-14-17-8-10-18(25)11-9-17/h2-12,15H,13-14H2,1H3,(H,27,29). The van der Waals surface area contributed by atoms with Crippen molar-refractivity contribution < 1.29 is 13.9 Å². The molecule has 0 aliphatic rings. The number of benzene rings is 3. The molecule has 0 saturated carbocycles. The Morgan fingerprint density at radius 2 is 1.87 bits per heavy atom. The highest BCUT2D eigenvalue weighted by Gasteiger charge is 2.10. The number of fused-ring (bicyclic) bond motifs is 1. The fraction of sp³-hybridized carbons (Fsp3) is 0.125. The van der Waals surface area contributed by atoms with Crippen molar-refractivity contribution >= 4 is 22.5 Å². The number of halogens is 1.